The number of halogens is 1. The predicted molar refractivity (Wildman–Crippen MR) is 129 cm³/mol. The van der Waals surface area contributed by atoms with Gasteiger partial charge in [0.2, 0.25) is 5.91 Å². The van der Waals surface area contributed by atoms with Gasteiger partial charge < -0.3 is 25.3 Å². The van der Waals surface area contributed by atoms with Gasteiger partial charge in [-0.1, -0.05) is 6.58 Å². The number of nitrogens with one attached hydrogen (secondary N) is 3. The minimum atomic E-state index is -0.345. The van der Waals surface area contributed by atoms with Crippen LogP contribution in [0.25, 0.3) is 11.1 Å². The highest BCUT2D eigenvalue weighted by molar-refractivity contribution is 6.00. The van der Waals surface area contributed by atoms with Crippen LogP contribution in [0.1, 0.15) is 11.1 Å². The highest BCUT2D eigenvalue weighted by Crippen LogP contribution is 2.42. The monoisotopic (exact) mass is 448 g/mol. The van der Waals surface area contributed by atoms with Crippen LogP contribution in [0.4, 0.5) is 21.5 Å². The summed E-state index contributed by atoms with van der Waals surface area (Å²) in [4.78, 5) is 24.6. The number of hydrogen-bond donors (Lipinski definition) is 3. The van der Waals surface area contributed by atoms with Gasteiger partial charge in [0, 0.05) is 43.1 Å². The first-order valence-electron chi connectivity index (χ1n) is 10.5. The first-order chi connectivity index (χ1) is 15.8. The van der Waals surface area contributed by atoms with Gasteiger partial charge in [0.1, 0.15) is 23.0 Å². The summed E-state index contributed by atoms with van der Waals surface area (Å²) in [6, 6.07) is 8.07. The van der Waals surface area contributed by atoms with Gasteiger partial charge in [-0.05, 0) is 61.4 Å². The third kappa shape index (κ3) is 4.32. The maximum absolute atomic E-state index is 13.8. The number of rotatable bonds is 5. The summed E-state index contributed by atoms with van der Waals surface area (Å²) in [7, 11) is 1.68. The standard InChI is InChI=1S/C25H25FN4O3/c1-5-21(31)29-17-6-7-20(33-24-14(2)10-16(26)11-15(24)3)18(12-17)19-13-30(4)25(32)23-22(19)27-8-9-28-23/h5-7,10-13,27-28H,1,8-9H2,2-4H3,(H,29,31). The van der Waals surface area contributed by atoms with Crippen molar-refractivity contribution in [1.29, 1.82) is 0 Å². The predicted octanol–water partition coefficient (Wildman–Crippen LogP) is 4.56. The number of ether oxygens (including phenoxy) is 1. The van der Waals surface area contributed by atoms with Gasteiger partial charge in [0.25, 0.3) is 5.56 Å². The zero-order valence-corrected chi connectivity index (χ0v) is 18.7. The Labute approximate surface area is 190 Å². The zero-order valence-electron chi connectivity index (χ0n) is 18.7. The molecule has 33 heavy (non-hydrogen) atoms. The van der Waals surface area contributed by atoms with Crippen molar-refractivity contribution >= 4 is 23.0 Å². The number of nitrogens with zero attached hydrogens (tertiary/aromatic N) is 1. The fourth-order valence-electron chi connectivity index (χ4n) is 3.93. The highest BCUT2D eigenvalue weighted by atomic mass is 19.1. The molecular formula is C25H25FN4O3. The Morgan fingerprint density at radius 1 is 1.12 bits per heavy atom. The summed E-state index contributed by atoms with van der Waals surface area (Å²) in [6.45, 7) is 8.32. The maximum Gasteiger partial charge on any atom is 0.275 e. The second kappa shape index (κ2) is 8.82. The number of fused-ring (bicyclic) bond motifs is 1. The van der Waals surface area contributed by atoms with Crippen molar-refractivity contribution in [3.63, 3.8) is 0 Å². The van der Waals surface area contributed by atoms with E-state index in [9.17, 15) is 14.0 Å². The molecule has 2 heterocycles. The van der Waals surface area contributed by atoms with Crippen LogP contribution in [0, 0.1) is 19.7 Å². The van der Waals surface area contributed by atoms with E-state index in [1.165, 1.54) is 22.8 Å². The molecule has 0 atom stereocenters. The highest BCUT2D eigenvalue weighted by Gasteiger charge is 2.22. The Kier molecular flexibility index (Phi) is 5.91. The van der Waals surface area contributed by atoms with Crippen molar-refractivity contribution in [1.82, 2.24) is 4.57 Å². The summed E-state index contributed by atoms with van der Waals surface area (Å²) in [5, 5.41) is 9.24. The van der Waals surface area contributed by atoms with Gasteiger partial charge in [-0.25, -0.2) is 4.39 Å². The Balaban J connectivity index is 1.92. The lowest BCUT2D eigenvalue weighted by Gasteiger charge is -2.24. The topological polar surface area (TPSA) is 84.4 Å². The Morgan fingerprint density at radius 2 is 1.79 bits per heavy atom. The van der Waals surface area contributed by atoms with Crippen LogP contribution in [0.3, 0.4) is 0 Å². The zero-order chi connectivity index (χ0) is 23.7. The van der Waals surface area contributed by atoms with E-state index in [2.05, 4.69) is 22.5 Å². The van der Waals surface area contributed by atoms with Crippen molar-refractivity contribution in [3.05, 3.63) is 76.5 Å². The molecule has 1 amide bonds. The molecule has 0 fully saturated rings. The molecule has 0 saturated heterocycles. The van der Waals surface area contributed by atoms with Crippen molar-refractivity contribution in [2.24, 2.45) is 7.05 Å². The van der Waals surface area contributed by atoms with E-state index in [-0.39, 0.29) is 17.3 Å². The van der Waals surface area contributed by atoms with Crippen molar-refractivity contribution < 1.29 is 13.9 Å². The molecule has 0 aliphatic carbocycles. The fourth-order valence-corrected chi connectivity index (χ4v) is 3.93. The number of anilines is 3. The molecule has 4 rings (SSSR count). The van der Waals surface area contributed by atoms with Gasteiger partial charge in [-0.3, -0.25) is 9.59 Å². The van der Waals surface area contributed by atoms with Crippen LogP contribution in [0.2, 0.25) is 0 Å². The van der Waals surface area contributed by atoms with Crippen LogP contribution in [-0.2, 0) is 11.8 Å². The third-order valence-corrected chi connectivity index (χ3v) is 5.46. The largest absolute Gasteiger partial charge is 0.456 e. The Morgan fingerprint density at radius 3 is 2.45 bits per heavy atom. The van der Waals surface area contributed by atoms with Crippen LogP contribution >= 0.6 is 0 Å². The lowest BCUT2D eigenvalue weighted by molar-refractivity contribution is -0.111. The number of aromatic nitrogens is 1. The van der Waals surface area contributed by atoms with E-state index in [1.807, 2.05) is 0 Å². The molecular weight excluding hydrogens is 423 g/mol. The molecule has 1 aliphatic rings. The maximum atomic E-state index is 13.8. The van der Waals surface area contributed by atoms with Gasteiger partial charge >= 0.3 is 0 Å². The summed E-state index contributed by atoms with van der Waals surface area (Å²) in [6.07, 6.45) is 2.92. The van der Waals surface area contributed by atoms with Crippen LogP contribution in [0.15, 0.2) is 54.0 Å². The number of amides is 1. The quantitative estimate of drug-likeness (QED) is 0.498. The second-order valence-electron chi connectivity index (χ2n) is 7.94. The van der Waals surface area contributed by atoms with Gasteiger partial charge in [-0.15, -0.1) is 0 Å². The number of carbonyl (C=O) groups is 1. The van der Waals surface area contributed by atoms with Gasteiger partial charge in [-0.2, -0.15) is 0 Å². The van der Waals surface area contributed by atoms with E-state index in [0.717, 1.165) is 5.56 Å². The normalized spacial score (nSPS) is 12.2. The van der Waals surface area contributed by atoms with E-state index >= 15 is 0 Å². The molecule has 0 radical (unpaired) electrons. The smallest absolute Gasteiger partial charge is 0.275 e. The van der Waals surface area contributed by atoms with Crippen molar-refractivity contribution in [2.75, 3.05) is 29.0 Å². The van der Waals surface area contributed by atoms with E-state index in [4.69, 9.17) is 4.74 Å². The summed E-state index contributed by atoms with van der Waals surface area (Å²) in [5.74, 6) is 0.368. The SMILES string of the molecule is C=CC(=O)Nc1ccc(Oc2c(C)cc(F)cc2C)c(-c2cn(C)c(=O)c3c2NCCN3)c1. The van der Waals surface area contributed by atoms with Gasteiger partial charge in [0.05, 0.1) is 5.69 Å². The number of benzene rings is 2. The molecule has 8 heteroatoms. The Hall–Kier alpha value is -4.07. The first kappa shape index (κ1) is 22.1. The molecule has 0 saturated carbocycles. The molecule has 3 aromatic rings. The number of pyridine rings is 1. The lowest BCUT2D eigenvalue weighted by atomic mass is 10.0. The summed E-state index contributed by atoms with van der Waals surface area (Å²) < 4.78 is 21.6. The molecule has 7 nitrogen and oxygen atoms in total. The van der Waals surface area contributed by atoms with E-state index in [1.54, 1.807) is 45.3 Å². The third-order valence-electron chi connectivity index (χ3n) is 5.46. The molecule has 0 spiro atoms. The average molecular weight is 448 g/mol. The second-order valence-corrected chi connectivity index (χ2v) is 7.94. The lowest BCUT2D eigenvalue weighted by Crippen LogP contribution is -2.30. The summed E-state index contributed by atoms with van der Waals surface area (Å²) >= 11 is 0. The fraction of sp³-hybridized carbons (Fsp3) is 0.200. The molecule has 3 N–H and O–H groups in total. The summed E-state index contributed by atoms with van der Waals surface area (Å²) in [5.41, 5.74) is 4.22. The molecule has 170 valence electrons. The van der Waals surface area contributed by atoms with E-state index < -0.39 is 0 Å². The van der Waals surface area contributed by atoms with E-state index in [0.29, 0.717) is 58.3 Å². The van der Waals surface area contributed by atoms with Crippen LogP contribution < -0.4 is 26.2 Å². The number of aryl methyl sites for hydroxylation is 3. The first-order valence-corrected chi connectivity index (χ1v) is 10.5. The number of hydrogen-bond acceptors (Lipinski definition) is 5. The molecule has 1 aliphatic heterocycles. The van der Waals surface area contributed by atoms with Gasteiger partial charge in [0.15, 0.2) is 0 Å². The van der Waals surface area contributed by atoms with Crippen LogP contribution in [0.5, 0.6) is 11.5 Å². The van der Waals surface area contributed by atoms with Crippen molar-refractivity contribution in [3.8, 4) is 22.6 Å². The Bertz CT molecular complexity index is 1310. The minimum absolute atomic E-state index is 0.148. The van der Waals surface area contributed by atoms with Crippen LogP contribution in [-0.4, -0.2) is 23.6 Å². The average Bonchev–Trinajstić information content (AvgIpc) is 2.79. The van der Waals surface area contributed by atoms with Crippen molar-refractivity contribution in [2.45, 2.75) is 13.8 Å². The minimum Gasteiger partial charge on any atom is -0.456 e. The molecule has 1 aromatic heterocycles. The number of carbonyl (C=O) groups excluding carboxylic acids is 1. The molecule has 2 aromatic carbocycles. The molecule has 0 bridgehead atoms. The molecule has 0 unspecified atom stereocenters.